The number of rotatable bonds is 3. The van der Waals surface area contributed by atoms with E-state index in [1.54, 1.807) is 0 Å². The van der Waals surface area contributed by atoms with E-state index in [0.717, 1.165) is 4.90 Å². The molecule has 2 unspecified atom stereocenters. The molecule has 7 nitrogen and oxygen atoms in total. The summed E-state index contributed by atoms with van der Waals surface area (Å²) in [4.78, 5) is 34.3. The molecule has 0 saturated carbocycles. The summed E-state index contributed by atoms with van der Waals surface area (Å²) >= 11 is 0. The Morgan fingerprint density at radius 3 is 2.50 bits per heavy atom. The van der Waals surface area contributed by atoms with E-state index >= 15 is 0 Å². The van der Waals surface area contributed by atoms with Crippen LogP contribution in [-0.4, -0.2) is 58.6 Å². The third kappa shape index (κ3) is 3.19. The number of hydrogen-bond donors (Lipinski definition) is 3. The number of piperidine rings is 1. The first-order chi connectivity index (χ1) is 8.27. The van der Waals surface area contributed by atoms with Crippen molar-refractivity contribution in [2.45, 2.75) is 32.4 Å². The second kappa shape index (κ2) is 5.34. The fraction of sp³-hybridized carbons (Fsp3) is 0.727. The monoisotopic (exact) mass is 258 g/mol. The van der Waals surface area contributed by atoms with Crippen LogP contribution in [-0.2, 0) is 9.59 Å². The summed E-state index contributed by atoms with van der Waals surface area (Å²) in [6.07, 6.45) is -1.18. The fourth-order valence-corrected chi connectivity index (χ4v) is 1.68. The van der Waals surface area contributed by atoms with E-state index in [4.69, 9.17) is 5.11 Å². The van der Waals surface area contributed by atoms with Gasteiger partial charge in [-0.2, -0.15) is 0 Å². The van der Waals surface area contributed by atoms with E-state index in [2.05, 4.69) is 5.32 Å². The van der Waals surface area contributed by atoms with Gasteiger partial charge in [-0.1, -0.05) is 0 Å². The van der Waals surface area contributed by atoms with Gasteiger partial charge in [0.2, 0.25) is 5.91 Å². The van der Waals surface area contributed by atoms with Crippen LogP contribution in [0.3, 0.4) is 0 Å². The average Bonchev–Trinajstić information content (AvgIpc) is 2.31. The number of nitrogens with one attached hydrogen (secondary N) is 1. The van der Waals surface area contributed by atoms with Crippen LogP contribution in [0.1, 0.15) is 20.3 Å². The SMILES string of the molecule is CC(C)(C=O)C(=O)NC1CCN(C(=O)O)CC1O. The summed E-state index contributed by atoms with van der Waals surface area (Å²) in [7, 11) is 0. The van der Waals surface area contributed by atoms with Gasteiger partial charge in [0.1, 0.15) is 6.29 Å². The summed E-state index contributed by atoms with van der Waals surface area (Å²) in [5, 5.41) is 21.1. The standard InChI is InChI=1S/C11H18N2O5/c1-11(2,6-14)9(16)12-7-3-4-13(10(17)18)5-8(7)15/h6-8,15H,3-5H2,1-2H3,(H,12,16)(H,17,18). The number of aldehydes is 1. The number of carbonyl (C=O) groups is 3. The van der Waals surface area contributed by atoms with Crippen LogP contribution in [0.25, 0.3) is 0 Å². The zero-order valence-corrected chi connectivity index (χ0v) is 10.4. The van der Waals surface area contributed by atoms with E-state index < -0.39 is 29.6 Å². The molecule has 1 aliphatic rings. The summed E-state index contributed by atoms with van der Waals surface area (Å²) < 4.78 is 0. The molecule has 1 aliphatic heterocycles. The Morgan fingerprint density at radius 2 is 2.06 bits per heavy atom. The fourth-order valence-electron chi connectivity index (χ4n) is 1.68. The molecule has 0 aliphatic carbocycles. The van der Waals surface area contributed by atoms with E-state index in [1.807, 2.05) is 0 Å². The Balaban J connectivity index is 2.58. The van der Waals surface area contributed by atoms with Crippen molar-refractivity contribution >= 4 is 18.3 Å². The van der Waals surface area contributed by atoms with Crippen LogP contribution in [0.2, 0.25) is 0 Å². The van der Waals surface area contributed by atoms with Crippen molar-refractivity contribution in [1.82, 2.24) is 10.2 Å². The number of amides is 2. The lowest BCUT2D eigenvalue weighted by Crippen LogP contribution is -2.57. The van der Waals surface area contributed by atoms with Crippen LogP contribution >= 0.6 is 0 Å². The lowest BCUT2D eigenvalue weighted by molar-refractivity contribution is -0.136. The van der Waals surface area contributed by atoms with Crippen molar-refractivity contribution in [3.05, 3.63) is 0 Å². The van der Waals surface area contributed by atoms with Crippen molar-refractivity contribution in [1.29, 1.82) is 0 Å². The molecule has 102 valence electrons. The van der Waals surface area contributed by atoms with Crippen LogP contribution in [0.4, 0.5) is 4.79 Å². The van der Waals surface area contributed by atoms with Gasteiger partial charge in [-0.05, 0) is 20.3 Å². The van der Waals surface area contributed by atoms with Crippen LogP contribution in [0, 0.1) is 5.41 Å². The molecule has 0 aromatic heterocycles. The van der Waals surface area contributed by atoms with Gasteiger partial charge >= 0.3 is 6.09 Å². The third-order valence-electron chi connectivity index (χ3n) is 3.05. The Bertz CT molecular complexity index is 355. The average molecular weight is 258 g/mol. The minimum absolute atomic E-state index is 0.0399. The number of likely N-dealkylation sites (tertiary alicyclic amines) is 1. The quantitative estimate of drug-likeness (QED) is 0.464. The summed E-state index contributed by atoms with van der Waals surface area (Å²) in [5.41, 5.74) is -1.15. The van der Waals surface area contributed by atoms with Crippen molar-refractivity contribution in [3.8, 4) is 0 Å². The number of carbonyl (C=O) groups excluding carboxylic acids is 2. The molecule has 2 amide bonds. The molecular weight excluding hydrogens is 240 g/mol. The Morgan fingerprint density at radius 1 is 1.44 bits per heavy atom. The molecule has 0 aromatic carbocycles. The summed E-state index contributed by atoms with van der Waals surface area (Å²) in [6.45, 7) is 3.17. The second-order valence-corrected chi connectivity index (χ2v) is 5.00. The third-order valence-corrected chi connectivity index (χ3v) is 3.05. The summed E-state index contributed by atoms with van der Waals surface area (Å²) in [6, 6.07) is -0.521. The number of hydrogen-bond acceptors (Lipinski definition) is 4. The minimum atomic E-state index is -1.15. The maximum absolute atomic E-state index is 11.7. The minimum Gasteiger partial charge on any atom is -0.465 e. The normalized spacial score (nSPS) is 24.5. The number of aliphatic hydroxyl groups is 1. The zero-order chi connectivity index (χ0) is 13.9. The van der Waals surface area contributed by atoms with Crippen molar-refractivity contribution in [2.24, 2.45) is 5.41 Å². The predicted octanol–water partition coefficient (Wildman–Crippen LogP) is -0.559. The molecule has 18 heavy (non-hydrogen) atoms. The Kier molecular flexibility index (Phi) is 4.28. The van der Waals surface area contributed by atoms with Gasteiger partial charge in [0.05, 0.1) is 24.1 Å². The van der Waals surface area contributed by atoms with Gasteiger partial charge in [-0.25, -0.2) is 4.79 Å². The predicted molar refractivity (Wildman–Crippen MR) is 62.0 cm³/mol. The van der Waals surface area contributed by atoms with Gasteiger partial charge < -0.3 is 25.2 Å². The van der Waals surface area contributed by atoms with Gasteiger partial charge in [0.15, 0.2) is 0 Å². The summed E-state index contributed by atoms with van der Waals surface area (Å²) in [5.74, 6) is -0.467. The smallest absolute Gasteiger partial charge is 0.407 e. The number of β-amino-alcohol motifs (C(OH)–C–C–N with tert-alkyl or cyclic N) is 1. The molecular formula is C11H18N2O5. The maximum Gasteiger partial charge on any atom is 0.407 e. The Labute approximate surface area is 105 Å². The van der Waals surface area contributed by atoms with E-state index in [-0.39, 0.29) is 13.1 Å². The Hall–Kier alpha value is -1.63. The molecule has 3 N–H and O–H groups in total. The lowest BCUT2D eigenvalue weighted by atomic mass is 9.93. The lowest BCUT2D eigenvalue weighted by Gasteiger charge is -2.35. The molecule has 1 saturated heterocycles. The first-order valence-corrected chi connectivity index (χ1v) is 5.71. The molecule has 0 spiro atoms. The first kappa shape index (κ1) is 14.4. The van der Waals surface area contributed by atoms with Gasteiger partial charge in [-0.3, -0.25) is 4.79 Å². The number of carboxylic acid groups (broad SMARTS) is 1. The van der Waals surface area contributed by atoms with Gasteiger partial charge in [0, 0.05) is 6.54 Å². The van der Waals surface area contributed by atoms with Gasteiger partial charge in [-0.15, -0.1) is 0 Å². The highest BCUT2D eigenvalue weighted by molar-refractivity contribution is 5.95. The molecule has 1 fully saturated rings. The van der Waals surface area contributed by atoms with Gasteiger partial charge in [0.25, 0.3) is 0 Å². The number of aliphatic hydroxyl groups excluding tert-OH is 1. The highest BCUT2D eigenvalue weighted by Gasteiger charge is 2.34. The first-order valence-electron chi connectivity index (χ1n) is 5.71. The molecule has 1 rings (SSSR count). The van der Waals surface area contributed by atoms with E-state index in [0.29, 0.717) is 12.7 Å². The molecule has 2 atom stereocenters. The van der Waals surface area contributed by atoms with Crippen LogP contribution < -0.4 is 5.32 Å². The zero-order valence-electron chi connectivity index (χ0n) is 10.4. The molecule has 1 heterocycles. The molecule has 0 aromatic rings. The molecule has 0 radical (unpaired) electrons. The van der Waals surface area contributed by atoms with E-state index in [9.17, 15) is 19.5 Å². The van der Waals surface area contributed by atoms with Crippen molar-refractivity contribution < 1.29 is 24.6 Å². The maximum atomic E-state index is 11.7. The second-order valence-electron chi connectivity index (χ2n) is 5.00. The highest BCUT2D eigenvalue weighted by Crippen LogP contribution is 2.15. The largest absolute Gasteiger partial charge is 0.465 e. The van der Waals surface area contributed by atoms with Crippen LogP contribution in [0.15, 0.2) is 0 Å². The van der Waals surface area contributed by atoms with Crippen molar-refractivity contribution in [2.75, 3.05) is 13.1 Å². The topological polar surface area (TPSA) is 107 Å². The van der Waals surface area contributed by atoms with Crippen molar-refractivity contribution in [3.63, 3.8) is 0 Å². The number of nitrogens with zero attached hydrogens (tertiary/aromatic N) is 1. The van der Waals surface area contributed by atoms with E-state index in [1.165, 1.54) is 13.8 Å². The molecule has 0 bridgehead atoms. The molecule has 7 heteroatoms. The van der Waals surface area contributed by atoms with Crippen LogP contribution in [0.5, 0.6) is 0 Å². The highest BCUT2D eigenvalue weighted by atomic mass is 16.4.